The lowest BCUT2D eigenvalue weighted by Gasteiger charge is -2.24. The smallest absolute Gasteiger partial charge is 0.218 e. The summed E-state index contributed by atoms with van der Waals surface area (Å²) in [6.07, 6.45) is 1.91. The van der Waals surface area contributed by atoms with Crippen molar-refractivity contribution in [3.05, 3.63) is 0 Å². The van der Waals surface area contributed by atoms with Crippen molar-refractivity contribution in [2.45, 2.75) is 31.1 Å². The molecule has 1 saturated carbocycles. The molecule has 0 heterocycles. The molecule has 0 aromatic rings. The van der Waals surface area contributed by atoms with Gasteiger partial charge in [-0.1, -0.05) is 0 Å². The summed E-state index contributed by atoms with van der Waals surface area (Å²) in [7, 11) is -1.67. The number of methoxy groups -OCH3 is 1. The highest BCUT2D eigenvalue weighted by Crippen LogP contribution is 2.30. The van der Waals surface area contributed by atoms with Crippen LogP contribution in [0.1, 0.15) is 19.8 Å². The summed E-state index contributed by atoms with van der Waals surface area (Å²) in [6, 6.07) is 0.177. The number of nitrogens with zero attached hydrogens (tertiary/aromatic N) is 1. The van der Waals surface area contributed by atoms with Crippen LogP contribution in [-0.2, 0) is 14.8 Å². The second-order valence-corrected chi connectivity index (χ2v) is 6.46. The highest BCUT2D eigenvalue weighted by molar-refractivity contribution is 7.89. The molecule has 4 nitrogen and oxygen atoms in total. The fourth-order valence-electron chi connectivity index (χ4n) is 1.37. The summed E-state index contributed by atoms with van der Waals surface area (Å²) in [5.74, 6) is 0.137. The molecule has 90 valence electrons. The van der Waals surface area contributed by atoms with Gasteiger partial charge in [0.05, 0.1) is 11.9 Å². The molecule has 0 spiro atoms. The molecule has 0 N–H and O–H groups in total. The van der Waals surface area contributed by atoms with E-state index < -0.39 is 15.3 Å². The molecule has 1 atom stereocenters. The molecule has 0 aromatic heterocycles. The molecule has 0 amide bonds. The normalized spacial score (nSPS) is 19.5. The highest BCUT2D eigenvalue weighted by atomic mass is 35.5. The summed E-state index contributed by atoms with van der Waals surface area (Å²) in [5.41, 5.74) is 0. The van der Waals surface area contributed by atoms with Crippen molar-refractivity contribution in [2.75, 3.05) is 26.1 Å². The maximum atomic E-state index is 12.0. The Labute approximate surface area is 96.6 Å². The van der Waals surface area contributed by atoms with E-state index in [2.05, 4.69) is 0 Å². The topological polar surface area (TPSA) is 46.6 Å². The van der Waals surface area contributed by atoms with Gasteiger partial charge in [-0.15, -0.1) is 11.6 Å². The molecule has 1 aliphatic rings. The first-order chi connectivity index (χ1) is 7.04. The molecule has 0 bridgehead atoms. The van der Waals surface area contributed by atoms with Gasteiger partial charge in [0.15, 0.2) is 0 Å². The van der Waals surface area contributed by atoms with Gasteiger partial charge < -0.3 is 4.74 Å². The predicted octanol–water partition coefficient (Wildman–Crippen LogP) is 1.05. The first-order valence-electron chi connectivity index (χ1n) is 5.09. The van der Waals surface area contributed by atoms with Gasteiger partial charge in [0.25, 0.3) is 0 Å². The molecule has 0 radical (unpaired) electrons. The van der Waals surface area contributed by atoms with Crippen LogP contribution in [-0.4, -0.2) is 50.2 Å². The SMILES string of the molecule is COCCN(C1CC1)S(=O)(=O)C(C)CCl. The van der Waals surface area contributed by atoms with E-state index in [1.807, 2.05) is 0 Å². The van der Waals surface area contributed by atoms with Crippen LogP contribution in [0.2, 0.25) is 0 Å². The zero-order chi connectivity index (χ0) is 11.5. The Morgan fingerprint density at radius 2 is 2.13 bits per heavy atom. The van der Waals surface area contributed by atoms with Crippen molar-refractivity contribution in [1.82, 2.24) is 4.31 Å². The summed E-state index contributed by atoms with van der Waals surface area (Å²) >= 11 is 5.60. The fourth-order valence-corrected chi connectivity index (χ4v) is 3.43. The van der Waals surface area contributed by atoms with E-state index in [1.165, 1.54) is 0 Å². The average molecular weight is 256 g/mol. The molecular weight excluding hydrogens is 238 g/mol. The van der Waals surface area contributed by atoms with E-state index in [4.69, 9.17) is 16.3 Å². The number of halogens is 1. The Morgan fingerprint density at radius 1 is 1.53 bits per heavy atom. The maximum absolute atomic E-state index is 12.0. The number of sulfonamides is 1. The standard InChI is InChI=1S/C9H18ClNO3S/c1-8(7-10)15(12,13)11(5-6-14-2)9-3-4-9/h8-9H,3-7H2,1-2H3. The Balaban J connectivity index is 2.69. The van der Waals surface area contributed by atoms with Crippen molar-refractivity contribution < 1.29 is 13.2 Å². The van der Waals surface area contributed by atoms with Crippen LogP contribution in [0, 0.1) is 0 Å². The average Bonchev–Trinajstić information content (AvgIpc) is 3.01. The molecule has 1 fully saturated rings. The molecule has 0 aliphatic heterocycles. The zero-order valence-corrected chi connectivity index (χ0v) is 10.7. The van der Waals surface area contributed by atoms with Gasteiger partial charge in [0.1, 0.15) is 0 Å². The quantitative estimate of drug-likeness (QED) is 0.639. The number of hydrogen-bond acceptors (Lipinski definition) is 3. The highest BCUT2D eigenvalue weighted by Gasteiger charge is 2.39. The minimum absolute atomic E-state index is 0.137. The summed E-state index contributed by atoms with van der Waals surface area (Å²) < 4.78 is 30.5. The Morgan fingerprint density at radius 3 is 2.53 bits per heavy atom. The monoisotopic (exact) mass is 255 g/mol. The first-order valence-corrected chi connectivity index (χ1v) is 7.13. The maximum Gasteiger partial charge on any atom is 0.218 e. The third kappa shape index (κ3) is 3.31. The van der Waals surface area contributed by atoms with E-state index in [0.29, 0.717) is 13.2 Å². The molecule has 6 heteroatoms. The Kier molecular flexibility index (Phi) is 4.83. The van der Waals surface area contributed by atoms with Gasteiger partial charge in [-0.25, -0.2) is 8.42 Å². The summed E-state index contributed by atoms with van der Waals surface area (Å²) in [6.45, 7) is 2.51. The predicted molar refractivity (Wildman–Crippen MR) is 60.7 cm³/mol. The van der Waals surface area contributed by atoms with Crippen molar-refractivity contribution in [1.29, 1.82) is 0 Å². The van der Waals surface area contributed by atoms with Gasteiger partial charge in [-0.3, -0.25) is 0 Å². The molecule has 0 saturated heterocycles. The van der Waals surface area contributed by atoms with Crippen LogP contribution in [0.4, 0.5) is 0 Å². The number of alkyl halides is 1. The third-order valence-corrected chi connectivity index (χ3v) is 5.49. The van der Waals surface area contributed by atoms with Crippen molar-refractivity contribution in [3.8, 4) is 0 Å². The first kappa shape index (κ1) is 13.2. The van der Waals surface area contributed by atoms with Crippen molar-refractivity contribution in [2.24, 2.45) is 0 Å². The van der Waals surface area contributed by atoms with E-state index in [0.717, 1.165) is 12.8 Å². The van der Waals surface area contributed by atoms with Gasteiger partial charge in [-0.2, -0.15) is 4.31 Å². The van der Waals surface area contributed by atoms with E-state index >= 15 is 0 Å². The number of hydrogen-bond donors (Lipinski definition) is 0. The van der Waals surface area contributed by atoms with Crippen LogP contribution in [0.3, 0.4) is 0 Å². The molecule has 15 heavy (non-hydrogen) atoms. The number of rotatable bonds is 7. The van der Waals surface area contributed by atoms with Gasteiger partial charge >= 0.3 is 0 Å². The van der Waals surface area contributed by atoms with Crippen molar-refractivity contribution in [3.63, 3.8) is 0 Å². The zero-order valence-electron chi connectivity index (χ0n) is 9.15. The largest absolute Gasteiger partial charge is 0.383 e. The second kappa shape index (κ2) is 5.48. The fraction of sp³-hybridized carbons (Fsp3) is 1.00. The molecule has 0 aromatic carbocycles. The third-order valence-electron chi connectivity index (χ3n) is 2.52. The lowest BCUT2D eigenvalue weighted by Crippen LogP contribution is -2.41. The number of ether oxygens (including phenoxy) is 1. The van der Waals surface area contributed by atoms with E-state index in [-0.39, 0.29) is 11.9 Å². The van der Waals surface area contributed by atoms with Crippen LogP contribution < -0.4 is 0 Å². The van der Waals surface area contributed by atoms with Crippen molar-refractivity contribution >= 4 is 21.6 Å². The van der Waals surface area contributed by atoms with Gasteiger partial charge in [-0.05, 0) is 19.8 Å². The van der Waals surface area contributed by atoms with E-state index in [1.54, 1.807) is 18.3 Å². The molecular formula is C9H18ClNO3S. The van der Waals surface area contributed by atoms with Crippen LogP contribution >= 0.6 is 11.6 Å². The van der Waals surface area contributed by atoms with Crippen LogP contribution in [0.15, 0.2) is 0 Å². The minimum atomic E-state index is -3.24. The summed E-state index contributed by atoms with van der Waals surface area (Å²) in [4.78, 5) is 0. The minimum Gasteiger partial charge on any atom is -0.383 e. The van der Waals surface area contributed by atoms with Crippen LogP contribution in [0.5, 0.6) is 0 Å². The summed E-state index contributed by atoms with van der Waals surface area (Å²) in [5, 5.41) is -0.517. The molecule has 1 rings (SSSR count). The van der Waals surface area contributed by atoms with E-state index in [9.17, 15) is 8.42 Å². The molecule has 1 aliphatic carbocycles. The van der Waals surface area contributed by atoms with Gasteiger partial charge in [0, 0.05) is 25.6 Å². The Hall–Kier alpha value is 0.160. The second-order valence-electron chi connectivity index (χ2n) is 3.84. The molecule has 1 unspecified atom stereocenters. The Bertz CT molecular complexity index is 290. The van der Waals surface area contributed by atoms with Crippen LogP contribution in [0.25, 0.3) is 0 Å². The lowest BCUT2D eigenvalue weighted by atomic mass is 10.6. The van der Waals surface area contributed by atoms with Gasteiger partial charge in [0.2, 0.25) is 10.0 Å². The lowest BCUT2D eigenvalue weighted by molar-refractivity contribution is 0.177.